The number of amides is 1. The molecule has 1 aromatic carbocycles. The Kier molecular flexibility index (Phi) is 5.26. The van der Waals surface area contributed by atoms with Crippen molar-refractivity contribution in [3.05, 3.63) is 64.4 Å². The zero-order valence-corrected chi connectivity index (χ0v) is 12.5. The molecule has 0 saturated carbocycles. The Morgan fingerprint density at radius 2 is 2.00 bits per heavy atom. The van der Waals surface area contributed by atoms with Crippen molar-refractivity contribution in [3.63, 3.8) is 0 Å². The van der Waals surface area contributed by atoms with Gasteiger partial charge in [0.05, 0.1) is 0 Å². The van der Waals surface area contributed by atoms with Crippen LogP contribution in [0.15, 0.2) is 53.1 Å². The second-order valence-corrected chi connectivity index (χ2v) is 5.25. The second-order valence-electron chi connectivity index (χ2n) is 4.40. The van der Waals surface area contributed by atoms with Crippen LogP contribution in [0.25, 0.3) is 0 Å². The number of nitrogens with one attached hydrogen (secondary N) is 1. The summed E-state index contributed by atoms with van der Waals surface area (Å²) in [5.41, 5.74) is 7.53. The van der Waals surface area contributed by atoms with Crippen LogP contribution < -0.4 is 11.1 Å². The van der Waals surface area contributed by atoms with E-state index in [1.165, 1.54) is 0 Å². The average Bonchev–Trinajstić information content (AvgIpc) is 2.48. The number of carbonyl (C=O) groups excluding carboxylic acids is 1. The third kappa shape index (κ3) is 3.88. The highest BCUT2D eigenvalue weighted by Gasteiger charge is 2.11. The summed E-state index contributed by atoms with van der Waals surface area (Å²) in [7, 11) is 0. The van der Waals surface area contributed by atoms with E-state index in [4.69, 9.17) is 5.73 Å². The molecule has 2 aromatic rings. The number of aromatic nitrogens is 1. The Hall–Kier alpha value is -1.72. The van der Waals surface area contributed by atoms with Gasteiger partial charge in [-0.05, 0) is 40.0 Å². The van der Waals surface area contributed by atoms with Gasteiger partial charge in [0.1, 0.15) is 5.69 Å². The van der Waals surface area contributed by atoms with Crippen molar-refractivity contribution in [1.29, 1.82) is 0 Å². The quantitative estimate of drug-likeness (QED) is 0.883. The first-order valence-electron chi connectivity index (χ1n) is 6.37. The standard InChI is InChI=1S/C15H16BrN3O/c16-12-7-4-9-18-14(12)15(20)19-10-8-13(17)11-5-2-1-3-6-11/h1-7,9,13H,8,10,17H2,(H,19,20). The highest BCUT2D eigenvalue weighted by molar-refractivity contribution is 9.10. The molecule has 1 heterocycles. The van der Waals surface area contributed by atoms with Crippen LogP contribution in [0.5, 0.6) is 0 Å². The first kappa shape index (κ1) is 14.7. The summed E-state index contributed by atoms with van der Waals surface area (Å²) >= 11 is 3.31. The lowest BCUT2D eigenvalue weighted by Gasteiger charge is -2.12. The average molecular weight is 334 g/mol. The fraction of sp³-hybridized carbons (Fsp3) is 0.200. The van der Waals surface area contributed by atoms with Crippen LogP contribution in [0.3, 0.4) is 0 Å². The van der Waals surface area contributed by atoms with Gasteiger partial charge in [0.15, 0.2) is 0 Å². The summed E-state index contributed by atoms with van der Waals surface area (Å²) < 4.78 is 0.685. The van der Waals surface area contributed by atoms with Crippen LogP contribution in [0.2, 0.25) is 0 Å². The Bertz CT molecular complexity index is 574. The number of hydrogen-bond acceptors (Lipinski definition) is 3. The lowest BCUT2D eigenvalue weighted by molar-refractivity contribution is 0.0946. The molecular weight excluding hydrogens is 318 g/mol. The number of halogens is 1. The summed E-state index contributed by atoms with van der Waals surface area (Å²) in [6, 6.07) is 13.3. The summed E-state index contributed by atoms with van der Waals surface area (Å²) in [4.78, 5) is 16.0. The molecule has 1 atom stereocenters. The van der Waals surface area contributed by atoms with Gasteiger partial charge in [-0.25, -0.2) is 4.98 Å². The zero-order chi connectivity index (χ0) is 14.4. The maximum atomic E-state index is 11.9. The molecule has 5 heteroatoms. The minimum absolute atomic E-state index is 0.0799. The number of rotatable bonds is 5. The van der Waals surface area contributed by atoms with Gasteiger partial charge in [-0.2, -0.15) is 0 Å². The molecule has 104 valence electrons. The first-order chi connectivity index (χ1) is 9.68. The van der Waals surface area contributed by atoms with Gasteiger partial charge in [0.2, 0.25) is 0 Å². The van der Waals surface area contributed by atoms with Crippen LogP contribution >= 0.6 is 15.9 Å². The number of carbonyl (C=O) groups is 1. The molecule has 20 heavy (non-hydrogen) atoms. The number of nitrogens with zero attached hydrogens (tertiary/aromatic N) is 1. The lowest BCUT2D eigenvalue weighted by atomic mass is 10.1. The van der Waals surface area contributed by atoms with E-state index in [-0.39, 0.29) is 11.9 Å². The van der Waals surface area contributed by atoms with Gasteiger partial charge in [-0.15, -0.1) is 0 Å². The molecule has 0 bridgehead atoms. The SMILES string of the molecule is NC(CCNC(=O)c1ncccc1Br)c1ccccc1. The van der Waals surface area contributed by atoms with Crippen molar-refractivity contribution in [3.8, 4) is 0 Å². The predicted octanol–water partition coefficient (Wildman–Crippen LogP) is 2.66. The molecule has 0 aliphatic heterocycles. The van der Waals surface area contributed by atoms with Gasteiger partial charge in [0, 0.05) is 23.3 Å². The van der Waals surface area contributed by atoms with Gasteiger partial charge in [-0.1, -0.05) is 30.3 Å². The Morgan fingerprint density at radius 3 is 2.70 bits per heavy atom. The smallest absolute Gasteiger partial charge is 0.271 e. The van der Waals surface area contributed by atoms with Crippen molar-refractivity contribution >= 4 is 21.8 Å². The van der Waals surface area contributed by atoms with Crippen LogP contribution in [-0.4, -0.2) is 17.4 Å². The van der Waals surface area contributed by atoms with Crippen molar-refractivity contribution in [2.24, 2.45) is 5.73 Å². The Labute approximate surface area is 126 Å². The summed E-state index contributed by atoms with van der Waals surface area (Å²) in [6.07, 6.45) is 2.27. The van der Waals surface area contributed by atoms with E-state index in [0.717, 1.165) is 5.56 Å². The van der Waals surface area contributed by atoms with E-state index < -0.39 is 0 Å². The molecule has 4 nitrogen and oxygen atoms in total. The predicted molar refractivity (Wildman–Crippen MR) is 82.3 cm³/mol. The molecule has 2 rings (SSSR count). The van der Waals surface area contributed by atoms with Crippen molar-refractivity contribution in [1.82, 2.24) is 10.3 Å². The van der Waals surface area contributed by atoms with Crippen molar-refractivity contribution in [2.45, 2.75) is 12.5 Å². The fourth-order valence-electron chi connectivity index (χ4n) is 1.84. The number of hydrogen-bond donors (Lipinski definition) is 2. The molecule has 1 aromatic heterocycles. The molecule has 0 fully saturated rings. The van der Waals surface area contributed by atoms with Crippen LogP contribution in [0.4, 0.5) is 0 Å². The van der Waals surface area contributed by atoms with Gasteiger partial charge in [-0.3, -0.25) is 4.79 Å². The molecule has 0 radical (unpaired) electrons. The van der Waals surface area contributed by atoms with E-state index in [9.17, 15) is 4.79 Å². The molecule has 0 spiro atoms. The van der Waals surface area contributed by atoms with Crippen molar-refractivity contribution < 1.29 is 4.79 Å². The first-order valence-corrected chi connectivity index (χ1v) is 7.17. The number of nitrogens with two attached hydrogens (primary N) is 1. The minimum atomic E-state index is -0.197. The third-order valence-corrected chi connectivity index (χ3v) is 3.58. The molecule has 1 amide bonds. The topological polar surface area (TPSA) is 68.0 Å². The molecule has 0 aliphatic rings. The van der Waals surface area contributed by atoms with Gasteiger partial charge >= 0.3 is 0 Å². The number of benzene rings is 1. The lowest BCUT2D eigenvalue weighted by Crippen LogP contribution is -2.28. The summed E-state index contributed by atoms with van der Waals surface area (Å²) in [5.74, 6) is -0.197. The van der Waals surface area contributed by atoms with Crippen molar-refractivity contribution in [2.75, 3.05) is 6.54 Å². The normalized spacial score (nSPS) is 11.9. The Morgan fingerprint density at radius 1 is 1.25 bits per heavy atom. The molecule has 3 N–H and O–H groups in total. The third-order valence-electron chi connectivity index (χ3n) is 2.94. The Balaban J connectivity index is 1.84. The fourth-order valence-corrected chi connectivity index (χ4v) is 2.28. The van der Waals surface area contributed by atoms with Gasteiger partial charge < -0.3 is 11.1 Å². The van der Waals surface area contributed by atoms with Crippen LogP contribution in [0.1, 0.15) is 28.5 Å². The highest BCUT2D eigenvalue weighted by Crippen LogP contribution is 2.14. The summed E-state index contributed by atoms with van der Waals surface area (Å²) in [6.45, 7) is 0.512. The van der Waals surface area contributed by atoms with E-state index in [1.54, 1.807) is 18.3 Å². The van der Waals surface area contributed by atoms with E-state index in [2.05, 4.69) is 26.2 Å². The van der Waals surface area contributed by atoms with Crippen LogP contribution in [0, 0.1) is 0 Å². The molecule has 0 saturated heterocycles. The maximum absolute atomic E-state index is 11.9. The van der Waals surface area contributed by atoms with E-state index >= 15 is 0 Å². The molecule has 1 unspecified atom stereocenters. The van der Waals surface area contributed by atoms with Gasteiger partial charge in [0.25, 0.3) is 5.91 Å². The van der Waals surface area contributed by atoms with E-state index in [0.29, 0.717) is 23.1 Å². The number of pyridine rings is 1. The molecular formula is C15H16BrN3O. The maximum Gasteiger partial charge on any atom is 0.271 e. The largest absolute Gasteiger partial charge is 0.351 e. The second kappa shape index (κ2) is 7.17. The minimum Gasteiger partial charge on any atom is -0.351 e. The monoisotopic (exact) mass is 333 g/mol. The summed E-state index contributed by atoms with van der Waals surface area (Å²) in [5, 5.41) is 2.83. The van der Waals surface area contributed by atoms with E-state index in [1.807, 2.05) is 30.3 Å². The zero-order valence-electron chi connectivity index (χ0n) is 10.9. The molecule has 0 aliphatic carbocycles. The van der Waals surface area contributed by atoms with Crippen LogP contribution in [-0.2, 0) is 0 Å². The highest BCUT2D eigenvalue weighted by atomic mass is 79.9.